The van der Waals surface area contributed by atoms with Gasteiger partial charge >= 0.3 is 6.18 Å². The van der Waals surface area contributed by atoms with Crippen molar-refractivity contribution in [3.8, 4) is 0 Å². The number of hydrogen-bond donors (Lipinski definition) is 1. The van der Waals surface area contributed by atoms with Crippen molar-refractivity contribution >= 4 is 11.6 Å². The maximum Gasteiger partial charge on any atom is 0.406 e. The Bertz CT molecular complexity index is 484. The second kappa shape index (κ2) is 6.15. The number of aryl methyl sites for hydroxylation is 1. The lowest BCUT2D eigenvalue weighted by Gasteiger charge is -2.26. The molecule has 0 fully saturated rings. The van der Waals surface area contributed by atoms with Gasteiger partial charge in [-0.05, 0) is 30.5 Å². The molecule has 0 heterocycles. The topological polar surface area (TPSA) is 46.3 Å². The molecule has 0 aliphatic heterocycles. The highest BCUT2D eigenvalue weighted by atomic mass is 19.4. The molecular formula is C14H19F3N2O. The van der Waals surface area contributed by atoms with Gasteiger partial charge in [-0.3, -0.25) is 4.79 Å². The van der Waals surface area contributed by atoms with E-state index in [0.717, 1.165) is 10.5 Å². The van der Waals surface area contributed by atoms with Crippen molar-refractivity contribution in [3.63, 3.8) is 0 Å². The number of carbonyl (C=O) groups is 1. The number of nitrogens with two attached hydrogens (primary N) is 1. The Kier molecular flexibility index (Phi) is 5.03. The van der Waals surface area contributed by atoms with Gasteiger partial charge in [0.2, 0.25) is 0 Å². The van der Waals surface area contributed by atoms with Crippen LogP contribution in [0.3, 0.4) is 0 Å². The monoisotopic (exact) mass is 288 g/mol. The van der Waals surface area contributed by atoms with Crippen LogP contribution in [0.15, 0.2) is 18.2 Å². The molecule has 6 heteroatoms. The summed E-state index contributed by atoms with van der Waals surface area (Å²) in [5.41, 5.74) is 7.05. The van der Waals surface area contributed by atoms with Gasteiger partial charge in [0.05, 0.1) is 0 Å². The predicted octanol–water partition coefficient (Wildman–Crippen LogP) is 3.24. The molecule has 0 aromatic heterocycles. The van der Waals surface area contributed by atoms with Crippen LogP contribution in [0, 0.1) is 12.8 Å². The normalized spacial score (nSPS) is 11.8. The standard InChI is InChI=1S/C14H19F3N2O/c1-9(2)7-19(8-14(15,16)17)13(20)11-5-4-10(3)12(18)6-11/h4-6,9H,7-8,18H2,1-3H3. The molecule has 1 aromatic rings. The third-order valence-electron chi connectivity index (χ3n) is 2.77. The second-order valence-electron chi connectivity index (χ2n) is 5.27. The van der Waals surface area contributed by atoms with E-state index in [0.29, 0.717) is 5.69 Å². The smallest absolute Gasteiger partial charge is 0.398 e. The summed E-state index contributed by atoms with van der Waals surface area (Å²) in [4.78, 5) is 13.0. The minimum absolute atomic E-state index is 0.0477. The summed E-state index contributed by atoms with van der Waals surface area (Å²) in [5, 5.41) is 0. The van der Waals surface area contributed by atoms with E-state index < -0.39 is 18.6 Å². The summed E-state index contributed by atoms with van der Waals surface area (Å²) in [6.07, 6.45) is -4.42. The van der Waals surface area contributed by atoms with Crippen LogP contribution in [-0.2, 0) is 0 Å². The maximum atomic E-state index is 12.6. The lowest BCUT2D eigenvalue weighted by molar-refractivity contribution is -0.141. The number of anilines is 1. The van der Waals surface area contributed by atoms with Crippen LogP contribution in [0.2, 0.25) is 0 Å². The largest absolute Gasteiger partial charge is 0.406 e. The number of nitrogen functional groups attached to an aromatic ring is 1. The van der Waals surface area contributed by atoms with Crippen molar-refractivity contribution in [3.05, 3.63) is 29.3 Å². The first-order valence-electron chi connectivity index (χ1n) is 6.32. The van der Waals surface area contributed by atoms with Crippen LogP contribution >= 0.6 is 0 Å². The van der Waals surface area contributed by atoms with E-state index in [2.05, 4.69) is 0 Å². The minimum atomic E-state index is -4.42. The molecule has 1 rings (SSSR count). The van der Waals surface area contributed by atoms with E-state index in [9.17, 15) is 18.0 Å². The molecular weight excluding hydrogens is 269 g/mol. The Hall–Kier alpha value is -1.72. The Morgan fingerprint density at radius 2 is 1.95 bits per heavy atom. The predicted molar refractivity (Wildman–Crippen MR) is 72.4 cm³/mol. The van der Waals surface area contributed by atoms with Crippen molar-refractivity contribution < 1.29 is 18.0 Å². The van der Waals surface area contributed by atoms with Crippen LogP contribution in [0.4, 0.5) is 18.9 Å². The molecule has 112 valence electrons. The zero-order valence-electron chi connectivity index (χ0n) is 11.8. The molecule has 3 nitrogen and oxygen atoms in total. The Morgan fingerprint density at radius 3 is 2.40 bits per heavy atom. The lowest BCUT2D eigenvalue weighted by atomic mass is 10.1. The van der Waals surface area contributed by atoms with E-state index in [1.807, 2.05) is 0 Å². The molecule has 0 aliphatic rings. The molecule has 0 spiro atoms. The Labute approximate surface area is 116 Å². The summed E-state index contributed by atoms with van der Waals surface area (Å²) in [5.74, 6) is -0.702. The summed E-state index contributed by atoms with van der Waals surface area (Å²) < 4.78 is 37.7. The van der Waals surface area contributed by atoms with Gasteiger partial charge in [0.15, 0.2) is 0 Å². The first kappa shape index (κ1) is 16.3. The first-order valence-corrected chi connectivity index (χ1v) is 6.32. The van der Waals surface area contributed by atoms with Crippen molar-refractivity contribution in [2.24, 2.45) is 5.92 Å². The summed E-state index contributed by atoms with van der Waals surface area (Å²) in [6, 6.07) is 4.54. The average molecular weight is 288 g/mol. The number of nitrogens with zero attached hydrogens (tertiary/aromatic N) is 1. The van der Waals surface area contributed by atoms with Crippen molar-refractivity contribution in [2.75, 3.05) is 18.8 Å². The first-order chi connectivity index (χ1) is 9.10. The molecule has 2 N–H and O–H groups in total. The Balaban J connectivity index is 2.99. The highest BCUT2D eigenvalue weighted by Gasteiger charge is 2.33. The van der Waals surface area contributed by atoms with Gasteiger partial charge in [-0.15, -0.1) is 0 Å². The molecule has 0 saturated carbocycles. The zero-order valence-corrected chi connectivity index (χ0v) is 11.8. The molecule has 0 saturated heterocycles. The van der Waals surface area contributed by atoms with E-state index in [1.54, 1.807) is 26.8 Å². The molecule has 0 unspecified atom stereocenters. The highest BCUT2D eigenvalue weighted by Crippen LogP contribution is 2.20. The summed E-state index contributed by atoms with van der Waals surface area (Å²) in [7, 11) is 0. The molecule has 20 heavy (non-hydrogen) atoms. The third-order valence-corrected chi connectivity index (χ3v) is 2.77. The molecule has 1 aromatic carbocycles. The minimum Gasteiger partial charge on any atom is -0.398 e. The molecule has 0 aliphatic carbocycles. The third kappa shape index (κ3) is 4.75. The van der Waals surface area contributed by atoms with Crippen LogP contribution in [0.5, 0.6) is 0 Å². The summed E-state index contributed by atoms with van der Waals surface area (Å²) in [6.45, 7) is 4.09. The SMILES string of the molecule is Cc1ccc(C(=O)N(CC(C)C)CC(F)(F)F)cc1N. The van der Waals surface area contributed by atoms with Gasteiger partial charge in [-0.2, -0.15) is 13.2 Å². The number of amides is 1. The fourth-order valence-electron chi connectivity index (χ4n) is 1.83. The number of rotatable bonds is 4. The number of halogens is 3. The van der Waals surface area contributed by atoms with Crippen LogP contribution in [-0.4, -0.2) is 30.1 Å². The van der Waals surface area contributed by atoms with Gasteiger partial charge in [0.1, 0.15) is 6.54 Å². The van der Waals surface area contributed by atoms with Crippen molar-refractivity contribution in [1.29, 1.82) is 0 Å². The summed E-state index contributed by atoms with van der Waals surface area (Å²) >= 11 is 0. The van der Waals surface area contributed by atoms with Crippen molar-refractivity contribution in [2.45, 2.75) is 26.9 Å². The molecule has 1 amide bonds. The van der Waals surface area contributed by atoms with Gasteiger partial charge in [-0.25, -0.2) is 0 Å². The quantitative estimate of drug-likeness (QED) is 0.865. The van der Waals surface area contributed by atoms with E-state index in [4.69, 9.17) is 5.73 Å². The number of alkyl halides is 3. The second-order valence-corrected chi connectivity index (χ2v) is 5.27. The zero-order chi connectivity index (χ0) is 15.5. The van der Waals surface area contributed by atoms with Gasteiger partial charge < -0.3 is 10.6 Å². The van der Waals surface area contributed by atoms with Gasteiger partial charge in [0.25, 0.3) is 5.91 Å². The van der Waals surface area contributed by atoms with Crippen LogP contribution in [0.25, 0.3) is 0 Å². The fraction of sp³-hybridized carbons (Fsp3) is 0.500. The molecule has 0 bridgehead atoms. The fourth-order valence-corrected chi connectivity index (χ4v) is 1.83. The highest BCUT2D eigenvalue weighted by molar-refractivity contribution is 5.95. The number of hydrogen-bond acceptors (Lipinski definition) is 2. The maximum absolute atomic E-state index is 12.6. The van der Waals surface area contributed by atoms with Crippen LogP contribution in [0.1, 0.15) is 29.8 Å². The van der Waals surface area contributed by atoms with E-state index in [1.165, 1.54) is 12.1 Å². The van der Waals surface area contributed by atoms with E-state index >= 15 is 0 Å². The van der Waals surface area contributed by atoms with E-state index in [-0.39, 0.29) is 18.0 Å². The number of benzene rings is 1. The van der Waals surface area contributed by atoms with Gasteiger partial charge in [0, 0.05) is 17.8 Å². The van der Waals surface area contributed by atoms with Gasteiger partial charge in [-0.1, -0.05) is 19.9 Å². The number of carbonyl (C=O) groups excluding carboxylic acids is 1. The average Bonchev–Trinajstić information content (AvgIpc) is 2.28. The lowest BCUT2D eigenvalue weighted by Crippen LogP contribution is -2.41. The van der Waals surface area contributed by atoms with Crippen LogP contribution < -0.4 is 5.73 Å². The molecule has 0 atom stereocenters. The Morgan fingerprint density at radius 1 is 1.35 bits per heavy atom. The molecule has 0 radical (unpaired) electrons. The van der Waals surface area contributed by atoms with Crippen molar-refractivity contribution in [1.82, 2.24) is 4.90 Å².